The molecule has 1 aromatic rings. The molecule has 0 bridgehead atoms. The van der Waals surface area contributed by atoms with E-state index in [2.05, 4.69) is 22.2 Å². The van der Waals surface area contributed by atoms with Crippen molar-refractivity contribution in [3.8, 4) is 0 Å². The monoisotopic (exact) mass is 305 g/mol. The average Bonchev–Trinajstić information content (AvgIpc) is 2.88. The Labute approximate surface area is 130 Å². The van der Waals surface area contributed by atoms with Crippen LogP contribution in [-0.4, -0.2) is 67.3 Å². The maximum Gasteiger partial charge on any atom is 0.252 e. The van der Waals surface area contributed by atoms with Gasteiger partial charge in [-0.25, -0.2) is 0 Å². The van der Waals surface area contributed by atoms with E-state index in [1.54, 1.807) is 11.8 Å². The lowest BCUT2D eigenvalue weighted by Gasteiger charge is -2.34. The number of piperazine rings is 1. The molecule has 114 valence electrons. The predicted molar refractivity (Wildman–Crippen MR) is 87.0 cm³/mol. The van der Waals surface area contributed by atoms with Gasteiger partial charge in [0.25, 0.3) is 5.91 Å². The largest absolute Gasteiger partial charge is 0.348 e. The number of amides is 1. The van der Waals surface area contributed by atoms with Crippen LogP contribution in [0, 0.1) is 0 Å². The number of rotatable bonds is 3. The number of hydrogen-bond acceptors (Lipinski definition) is 4. The highest BCUT2D eigenvalue weighted by Crippen LogP contribution is 2.23. The van der Waals surface area contributed by atoms with Crippen LogP contribution in [0.25, 0.3) is 0 Å². The summed E-state index contributed by atoms with van der Waals surface area (Å²) >= 11 is 1.62. The number of nitrogens with one attached hydrogen (secondary N) is 1. The Balaban J connectivity index is 1.63. The van der Waals surface area contributed by atoms with Crippen molar-refractivity contribution in [3.63, 3.8) is 0 Å². The fourth-order valence-electron chi connectivity index (χ4n) is 3.40. The van der Waals surface area contributed by atoms with E-state index in [9.17, 15) is 4.79 Å². The van der Waals surface area contributed by atoms with Gasteiger partial charge in [-0.15, -0.1) is 11.8 Å². The Bertz CT molecular complexity index is 522. The smallest absolute Gasteiger partial charge is 0.252 e. The molecule has 21 heavy (non-hydrogen) atoms. The van der Waals surface area contributed by atoms with E-state index in [0.29, 0.717) is 6.04 Å². The molecule has 0 spiro atoms. The van der Waals surface area contributed by atoms with Crippen LogP contribution in [-0.2, 0) is 0 Å². The fourth-order valence-corrected chi connectivity index (χ4v) is 3.99. The quantitative estimate of drug-likeness (QED) is 0.859. The van der Waals surface area contributed by atoms with Gasteiger partial charge in [0, 0.05) is 43.2 Å². The van der Waals surface area contributed by atoms with Gasteiger partial charge in [0.15, 0.2) is 0 Å². The van der Waals surface area contributed by atoms with Gasteiger partial charge in [-0.3, -0.25) is 9.69 Å². The molecule has 2 aliphatic rings. The lowest BCUT2D eigenvalue weighted by molar-refractivity contribution is 0.0933. The Morgan fingerprint density at radius 3 is 2.90 bits per heavy atom. The number of thioether (sulfide) groups is 1. The van der Waals surface area contributed by atoms with E-state index in [1.807, 2.05) is 30.5 Å². The van der Waals surface area contributed by atoms with Gasteiger partial charge < -0.3 is 10.2 Å². The lowest BCUT2D eigenvalue weighted by Crippen LogP contribution is -2.48. The van der Waals surface area contributed by atoms with Gasteiger partial charge in [-0.2, -0.15) is 0 Å². The Morgan fingerprint density at radius 1 is 1.29 bits per heavy atom. The molecule has 1 amide bonds. The van der Waals surface area contributed by atoms with Crippen LogP contribution in [0.4, 0.5) is 0 Å². The summed E-state index contributed by atoms with van der Waals surface area (Å²) in [4.78, 5) is 18.4. The van der Waals surface area contributed by atoms with Gasteiger partial charge in [0.05, 0.1) is 5.56 Å². The number of fused-ring (bicyclic) bond motifs is 1. The minimum Gasteiger partial charge on any atom is -0.348 e. The van der Waals surface area contributed by atoms with Crippen LogP contribution in [0.5, 0.6) is 0 Å². The van der Waals surface area contributed by atoms with Gasteiger partial charge in [0.2, 0.25) is 0 Å². The number of hydrogen-bond donors (Lipinski definition) is 1. The van der Waals surface area contributed by atoms with Crippen molar-refractivity contribution < 1.29 is 4.79 Å². The third kappa shape index (κ3) is 3.25. The number of benzene rings is 1. The SMILES string of the molecule is CSc1ccccc1C(=O)N[C@H]1C[C@H]2CN(C)CCN2C1. The second kappa shape index (κ2) is 6.38. The van der Waals surface area contributed by atoms with Gasteiger partial charge in [0.1, 0.15) is 0 Å². The number of carbonyl (C=O) groups excluding carboxylic acids is 1. The molecule has 0 aromatic heterocycles. The molecule has 0 unspecified atom stereocenters. The minimum atomic E-state index is 0.0677. The molecular weight excluding hydrogens is 282 g/mol. The minimum absolute atomic E-state index is 0.0677. The Morgan fingerprint density at radius 2 is 2.10 bits per heavy atom. The molecule has 2 fully saturated rings. The van der Waals surface area contributed by atoms with E-state index < -0.39 is 0 Å². The first-order chi connectivity index (χ1) is 10.2. The molecule has 2 heterocycles. The molecule has 5 heteroatoms. The van der Waals surface area contributed by atoms with E-state index in [1.165, 1.54) is 0 Å². The van der Waals surface area contributed by atoms with Gasteiger partial charge in [-0.1, -0.05) is 12.1 Å². The molecule has 3 rings (SSSR count). The lowest BCUT2D eigenvalue weighted by atomic mass is 10.1. The summed E-state index contributed by atoms with van der Waals surface area (Å²) in [6.45, 7) is 4.36. The summed E-state index contributed by atoms with van der Waals surface area (Å²) in [5.74, 6) is 0.0677. The van der Waals surface area contributed by atoms with Crippen LogP contribution < -0.4 is 5.32 Å². The van der Waals surface area contributed by atoms with Crippen molar-refractivity contribution in [1.29, 1.82) is 0 Å². The van der Waals surface area contributed by atoms with E-state index in [0.717, 1.165) is 43.1 Å². The standard InChI is InChI=1S/C16H23N3OS/c1-18-7-8-19-10-12(9-13(19)11-18)17-16(20)14-5-3-4-6-15(14)21-2/h3-6,12-13H,7-11H2,1-2H3,(H,17,20)/t12-,13-/m0/s1. The van der Waals surface area contributed by atoms with Crippen molar-refractivity contribution in [2.75, 3.05) is 39.5 Å². The summed E-state index contributed by atoms with van der Waals surface area (Å²) in [6, 6.07) is 8.72. The number of likely N-dealkylation sites (N-methyl/N-ethyl adjacent to an activating group) is 1. The molecule has 2 aliphatic heterocycles. The first-order valence-corrected chi connectivity index (χ1v) is 8.76. The maximum atomic E-state index is 12.5. The normalized spacial score (nSPS) is 26.6. The number of nitrogens with zero attached hydrogens (tertiary/aromatic N) is 2. The molecule has 2 saturated heterocycles. The van der Waals surface area contributed by atoms with Crippen LogP contribution in [0.15, 0.2) is 29.2 Å². The van der Waals surface area contributed by atoms with Crippen molar-refractivity contribution in [2.24, 2.45) is 0 Å². The highest BCUT2D eigenvalue weighted by molar-refractivity contribution is 7.98. The van der Waals surface area contributed by atoms with E-state index in [4.69, 9.17) is 0 Å². The van der Waals surface area contributed by atoms with Gasteiger partial charge >= 0.3 is 0 Å². The molecule has 0 radical (unpaired) electrons. The van der Waals surface area contributed by atoms with Crippen LogP contribution in [0.1, 0.15) is 16.8 Å². The predicted octanol–water partition coefficient (Wildman–Crippen LogP) is 1.53. The summed E-state index contributed by atoms with van der Waals surface area (Å²) < 4.78 is 0. The first kappa shape index (κ1) is 14.9. The molecule has 1 N–H and O–H groups in total. The van der Waals surface area contributed by atoms with Crippen LogP contribution in [0.2, 0.25) is 0 Å². The first-order valence-electron chi connectivity index (χ1n) is 7.54. The topological polar surface area (TPSA) is 35.6 Å². The summed E-state index contributed by atoms with van der Waals surface area (Å²) in [7, 11) is 2.18. The number of carbonyl (C=O) groups is 1. The maximum absolute atomic E-state index is 12.5. The molecule has 0 aliphatic carbocycles. The Kier molecular flexibility index (Phi) is 4.52. The third-order valence-corrected chi connectivity index (χ3v) is 5.30. The van der Waals surface area contributed by atoms with Crippen LogP contribution >= 0.6 is 11.8 Å². The van der Waals surface area contributed by atoms with E-state index in [-0.39, 0.29) is 11.9 Å². The molecular formula is C16H23N3OS. The zero-order chi connectivity index (χ0) is 14.8. The second-order valence-corrected chi connectivity index (χ2v) is 6.87. The average molecular weight is 305 g/mol. The fraction of sp³-hybridized carbons (Fsp3) is 0.562. The van der Waals surface area contributed by atoms with Crippen molar-refractivity contribution >= 4 is 17.7 Å². The van der Waals surface area contributed by atoms with Crippen molar-refractivity contribution in [1.82, 2.24) is 15.1 Å². The van der Waals surface area contributed by atoms with Crippen LogP contribution in [0.3, 0.4) is 0 Å². The molecule has 4 nitrogen and oxygen atoms in total. The van der Waals surface area contributed by atoms with Crippen molar-refractivity contribution in [3.05, 3.63) is 29.8 Å². The Hall–Kier alpha value is -1.04. The van der Waals surface area contributed by atoms with Crippen molar-refractivity contribution in [2.45, 2.75) is 23.4 Å². The van der Waals surface area contributed by atoms with E-state index >= 15 is 0 Å². The highest BCUT2D eigenvalue weighted by Gasteiger charge is 2.35. The highest BCUT2D eigenvalue weighted by atomic mass is 32.2. The third-order valence-electron chi connectivity index (χ3n) is 4.51. The summed E-state index contributed by atoms with van der Waals surface area (Å²) in [5, 5.41) is 3.23. The van der Waals surface area contributed by atoms with Gasteiger partial charge in [-0.05, 0) is 31.9 Å². The zero-order valence-corrected chi connectivity index (χ0v) is 13.5. The summed E-state index contributed by atoms with van der Waals surface area (Å²) in [5.41, 5.74) is 0.798. The zero-order valence-electron chi connectivity index (χ0n) is 12.7. The molecule has 0 saturated carbocycles. The molecule has 2 atom stereocenters. The second-order valence-electron chi connectivity index (χ2n) is 6.02. The summed E-state index contributed by atoms with van der Waals surface area (Å²) in [6.07, 6.45) is 3.08. The molecule has 1 aromatic carbocycles.